The molecule has 4 aromatic rings. The second kappa shape index (κ2) is 13.8. The molecule has 0 unspecified atom stereocenters. The predicted molar refractivity (Wildman–Crippen MR) is 143 cm³/mol. The maximum atomic E-state index is 12.1. The molecule has 186 valence electrons. The molecule has 0 bridgehead atoms. The zero-order chi connectivity index (χ0) is 25.0. The predicted octanol–water partition coefficient (Wildman–Crippen LogP) is 8.73. The van der Waals surface area contributed by atoms with Gasteiger partial charge in [0.05, 0.1) is 36.3 Å². The summed E-state index contributed by atoms with van der Waals surface area (Å²) in [5, 5.41) is 0.993. The zero-order valence-corrected chi connectivity index (χ0v) is 22.2. The number of rotatable bonds is 10. The highest BCUT2D eigenvalue weighted by Gasteiger charge is 2.16. The molecule has 4 rings (SSSR count). The van der Waals surface area contributed by atoms with E-state index in [1.807, 2.05) is 42.5 Å². The molecule has 0 spiro atoms. The summed E-state index contributed by atoms with van der Waals surface area (Å²) in [6.07, 6.45) is 10.6. The van der Waals surface area contributed by atoms with E-state index in [1.165, 1.54) is 25.7 Å². The van der Waals surface area contributed by atoms with Crippen LogP contribution >= 0.6 is 15.9 Å². The third kappa shape index (κ3) is 7.49. The van der Waals surface area contributed by atoms with Gasteiger partial charge in [-0.1, -0.05) is 57.7 Å². The van der Waals surface area contributed by atoms with Crippen molar-refractivity contribution in [3.8, 4) is 16.9 Å². The summed E-state index contributed by atoms with van der Waals surface area (Å²) >= 11 is 3.54. The normalized spacial score (nSPS) is 10.6. The molecule has 0 aliphatic heterocycles. The van der Waals surface area contributed by atoms with E-state index < -0.39 is 0 Å². The standard InChI is InChI=1S/C23H19BrO5.C6H14/c1-2-27-21(25)12-16-4-3-5-19(18-6-8-26-14-18)22(16)29-13-15-10-17-7-9-28-23(17)20(24)11-15;1-3-5-6-4-2/h3-11,14H,2,12-13H2,1H3;3-6H2,1-2H3. The summed E-state index contributed by atoms with van der Waals surface area (Å²) in [5.41, 5.74) is 4.30. The van der Waals surface area contributed by atoms with Gasteiger partial charge in [0, 0.05) is 22.1 Å². The highest BCUT2D eigenvalue weighted by atomic mass is 79.9. The molecule has 0 N–H and O–H groups in total. The molecule has 0 saturated heterocycles. The molecule has 0 radical (unpaired) electrons. The highest BCUT2D eigenvalue weighted by Crippen LogP contribution is 2.35. The maximum Gasteiger partial charge on any atom is 0.310 e. The average molecular weight is 541 g/mol. The van der Waals surface area contributed by atoms with E-state index in [9.17, 15) is 4.79 Å². The molecule has 0 aliphatic rings. The Balaban J connectivity index is 0.000000509. The molecular formula is C29H33BrO5. The van der Waals surface area contributed by atoms with E-state index in [0.29, 0.717) is 19.0 Å². The van der Waals surface area contributed by atoms with E-state index in [-0.39, 0.29) is 12.4 Å². The number of ether oxygens (including phenoxy) is 2. The summed E-state index contributed by atoms with van der Waals surface area (Å²) in [7, 11) is 0. The number of halogens is 1. The molecular weight excluding hydrogens is 508 g/mol. The molecule has 2 aromatic carbocycles. The van der Waals surface area contributed by atoms with Crippen LogP contribution in [-0.4, -0.2) is 12.6 Å². The van der Waals surface area contributed by atoms with Crippen LogP contribution in [0.2, 0.25) is 0 Å². The fourth-order valence-electron chi connectivity index (χ4n) is 3.74. The van der Waals surface area contributed by atoms with Gasteiger partial charge >= 0.3 is 5.97 Å². The lowest BCUT2D eigenvalue weighted by Crippen LogP contribution is -2.09. The molecule has 0 amide bonds. The number of furan rings is 2. The topological polar surface area (TPSA) is 61.8 Å². The average Bonchev–Trinajstić information content (AvgIpc) is 3.55. The van der Waals surface area contributed by atoms with Crippen molar-refractivity contribution in [2.45, 2.75) is 59.5 Å². The first-order chi connectivity index (χ1) is 17.1. The Morgan fingerprint density at radius 3 is 2.49 bits per heavy atom. The SMILES string of the molecule is CCCCCC.CCOC(=O)Cc1cccc(-c2ccoc2)c1OCc1cc(Br)c2occc2c1. The Bertz CT molecular complexity index is 1190. The third-order valence-electron chi connectivity index (χ3n) is 5.47. The van der Waals surface area contributed by atoms with Crippen LogP contribution in [0.4, 0.5) is 0 Å². The van der Waals surface area contributed by atoms with Gasteiger partial charge in [-0.25, -0.2) is 0 Å². The lowest BCUT2D eigenvalue weighted by molar-refractivity contribution is -0.142. The Morgan fingerprint density at radius 2 is 1.80 bits per heavy atom. The summed E-state index contributed by atoms with van der Waals surface area (Å²) in [6.45, 7) is 6.94. The van der Waals surface area contributed by atoms with Gasteiger partial charge < -0.3 is 18.3 Å². The van der Waals surface area contributed by atoms with E-state index in [4.69, 9.17) is 18.3 Å². The number of para-hydroxylation sites is 1. The van der Waals surface area contributed by atoms with Crippen molar-refractivity contribution >= 4 is 32.9 Å². The Labute approximate surface area is 215 Å². The molecule has 0 atom stereocenters. The molecule has 6 heteroatoms. The Kier molecular flexibility index (Phi) is 10.5. The van der Waals surface area contributed by atoms with E-state index >= 15 is 0 Å². The number of esters is 1. The van der Waals surface area contributed by atoms with Gasteiger partial charge in [0.25, 0.3) is 0 Å². The van der Waals surface area contributed by atoms with Gasteiger partial charge in [-0.15, -0.1) is 0 Å². The van der Waals surface area contributed by atoms with Gasteiger partial charge in [-0.3, -0.25) is 4.79 Å². The van der Waals surface area contributed by atoms with Crippen molar-refractivity contribution in [3.05, 3.63) is 76.9 Å². The lowest BCUT2D eigenvalue weighted by Gasteiger charge is -2.15. The number of unbranched alkanes of at least 4 members (excludes halogenated alkanes) is 3. The zero-order valence-electron chi connectivity index (χ0n) is 20.6. The van der Waals surface area contributed by atoms with Crippen molar-refractivity contribution in [2.24, 2.45) is 0 Å². The maximum absolute atomic E-state index is 12.1. The van der Waals surface area contributed by atoms with Crippen molar-refractivity contribution in [1.82, 2.24) is 0 Å². The first kappa shape index (κ1) is 26.6. The number of carbonyl (C=O) groups excluding carboxylic acids is 1. The van der Waals surface area contributed by atoms with Crippen LogP contribution in [-0.2, 0) is 22.6 Å². The van der Waals surface area contributed by atoms with Gasteiger partial charge in [0.1, 0.15) is 17.9 Å². The van der Waals surface area contributed by atoms with Gasteiger partial charge in [-0.2, -0.15) is 0 Å². The van der Waals surface area contributed by atoms with Crippen LogP contribution in [0.5, 0.6) is 5.75 Å². The van der Waals surface area contributed by atoms with Crippen LogP contribution in [0, 0.1) is 0 Å². The molecule has 0 saturated carbocycles. The molecule has 0 aliphatic carbocycles. The minimum atomic E-state index is -0.288. The Morgan fingerprint density at radius 1 is 1.00 bits per heavy atom. The number of hydrogen-bond donors (Lipinski definition) is 0. The van der Waals surface area contributed by atoms with Crippen molar-refractivity contribution < 1.29 is 23.1 Å². The summed E-state index contributed by atoms with van der Waals surface area (Å²) in [5.74, 6) is 0.356. The first-order valence-corrected chi connectivity index (χ1v) is 12.9. The summed E-state index contributed by atoms with van der Waals surface area (Å²) in [6, 6.07) is 13.5. The van der Waals surface area contributed by atoms with Crippen molar-refractivity contribution in [2.75, 3.05) is 6.61 Å². The smallest absolute Gasteiger partial charge is 0.310 e. The molecule has 5 nitrogen and oxygen atoms in total. The van der Waals surface area contributed by atoms with Crippen LogP contribution in [0.15, 0.2) is 74.6 Å². The molecule has 2 heterocycles. The second-order valence-electron chi connectivity index (χ2n) is 8.20. The van der Waals surface area contributed by atoms with Crippen molar-refractivity contribution in [3.63, 3.8) is 0 Å². The minimum Gasteiger partial charge on any atom is -0.488 e. The lowest BCUT2D eigenvalue weighted by atomic mass is 10.0. The van der Waals surface area contributed by atoms with E-state index in [1.54, 1.807) is 25.7 Å². The Hall–Kier alpha value is -2.99. The first-order valence-electron chi connectivity index (χ1n) is 12.2. The van der Waals surface area contributed by atoms with E-state index in [2.05, 4.69) is 29.8 Å². The molecule has 0 fully saturated rings. The van der Waals surface area contributed by atoms with Crippen LogP contribution < -0.4 is 4.74 Å². The largest absolute Gasteiger partial charge is 0.488 e. The molecule has 35 heavy (non-hydrogen) atoms. The fraction of sp³-hybridized carbons (Fsp3) is 0.345. The number of benzene rings is 2. The summed E-state index contributed by atoms with van der Waals surface area (Å²) < 4.78 is 22.9. The van der Waals surface area contributed by atoms with Crippen molar-refractivity contribution in [1.29, 1.82) is 0 Å². The quantitative estimate of drug-likeness (QED) is 0.148. The van der Waals surface area contributed by atoms with E-state index in [0.717, 1.165) is 37.7 Å². The third-order valence-corrected chi connectivity index (χ3v) is 6.06. The molecule has 2 aromatic heterocycles. The van der Waals surface area contributed by atoms with Gasteiger partial charge in [-0.05, 0) is 52.7 Å². The highest BCUT2D eigenvalue weighted by molar-refractivity contribution is 9.10. The van der Waals surface area contributed by atoms with Gasteiger partial charge in [0.15, 0.2) is 0 Å². The van der Waals surface area contributed by atoms with Crippen LogP contribution in [0.25, 0.3) is 22.1 Å². The summed E-state index contributed by atoms with van der Waals surface area (Å²) in [4.78, 5) is 12.1. The van der Waals surface area contributed by atoms with Crippen LogP contribution in [0.1, 0.15) is 57.6 Å². The number of fused-ring (bicyclic) bond motifs is 1. The second-order valence-corrected chi connectivity index (χ2v) is 9.05. The van der Waals surface area contributed by atoms with Crippen LogP contribution in [0.3, 0.4) is 0 Å². The minimum absolute atomic E-state index is 0.138. The van der Waals surface area contributed by atoms with Gasteiger partial charge in [0.2, 0.25) is 0 Å². The monoisotopic (exact) mass is 540 g/mol. The fourth-order valence-corrected chi connectivity index (χ4v) is 4.36. The number of carbonyl (C=O) groups is 1. The number of hydrogen-bond acceptors (Lipinski definition) is 5.